The van der Waals surface area contributed by atoms with Crippen LogP contribution in [0.25, 0.3) is 0 Å². The molecule has 0 heterocycles. The molecular formula is C16H14BrClINO. The summed E-state index contributed by atoms with van der Waals surface area (Å²) in [5.74, 6) is 0.544. The van der Waals surface area contributed by atoms with Gasteiger partial charge in [0, 0.05) is 19.6 Å². The van der Waals surface area contributed by atoms with Crippen LogP contribution in [0.2, 0.25) is 0 Å². The molecule has 2 nitrogen and oxygen atoms in total. The molecule has 0 spiro atoms. The van der Waals surface area contributed by atoms with Gasteiger partial charge in [-0.05, 0) is 71.3 Å². The number of rotatable bonds is 5. The molecule has 0 radical (unpaired) electrons. The Bertz CT molecular complexity index is 648. The first-order valence-electron chi connectivity index (χ1n) is 6.51. The monoisotopic (exact) mass is 477 g/mol. The van der Waals surface area contributed by atoms with Gasteiger partial charge in [0.1, 0.15) is 0 Å². The van der Waals surface area contributed by atoms with Gasteiger partial charge < -0.3 is 5.32 Å². The molecule has 1 N–H and O–H groups in total. The maximum absolute atomic E-state index is 12.4. The highest BCUT2D eigenvalue weighted by molar-refractivity contribution is 14.1. The van der Waals surface area contributed by atoms with Crippen LogP contribution in [0.1, 0.15) is 22.3 Å². The van der Waals surface area contributed by atoms with Crippen LogP contribution in [-0.4, -0.2) is 11.8 Å². The molecule has 0 aliphatic carbocycles. The number of carbonyl (C=O) groups excluding carboxylic acids is 1. The van der Waals surface area contributed by atoms with E-state index in [0.717, 1.165) is 26.6 Å². The molecular weight excluding hydrogens is 464 g/mol. The van der Waals surface area contributed by atoms with Crippen LogP contribution < -0.4 is 5.32 Å². The molecule has 110 valence electrons. The molecule has 2 aromatic rings. The van der Waals surface area contributed by atoms with Crippen molar-refractivity contribution >= 4 is 61.7 Å². The zero-order valence-corrected chi connectivity index (χ0v) is 15.7. The van der Waals surface area contributed by atoms with Crippen LogP contribution in [0.4, 0.5) is 5.69 Å². The summed E-state index contributed by atoms with van der Waals surface area (Å²) in [5, 5.41) is 2.95. The maximum atomic E-state index is 12.4. The van der Waals surface area contributed by atoms with E-state index in [0.29, 0.717) is 11.4 Å². The molecule has 0 bridgehead atoms. The molecule has 0 unspecified atom stereocenters. The van der Waals surface area contributed by atoms with Crippen molar-refractivity contribution in [2.45, 2.75) is 12.8 Å². The van der Waals surface area contributed by atoms with Crippen molar-refractivity contribution in [3.05, 3.63) is 61.6 Å². The zero-order valence-electron chi connectivity index (χ0n) is 11.2. The van der Waals surface area contributed by atoms with E-state index in [1.54, 1.807) is 0 Å². The Morgan fingerprint density at radius 2 is 2.05 bits per heavy atom. The number of carbonyl (C=O) groups is 1. The van der Waals surface area contributed by atoms with Crippen molar-refractivity contribution in [1.82, 2.24) is 0 Å². The Hall–Kier alpha value is -0.590. The van der Waals surface area contributed by atoms with E-state index < -0.39 is 0 Å². The molecule has 0 aliphatic rings. The summed E-state index contributed by atoms with van der Waals surface area (Å²) >= 11 is 11.3. The first-order chi connectivity index (χ1) is 10.1. The number of nitrogens with one attached hydrogen (secondary N) is 1. The lowest BCUT2D eigenvalue weighted by molar-refractivity contribution is 0.102. The minimum absolute atomic E-state index is 0.102. The molecule has 1 amide bonds. The Balaban J connectivity index is 2.14. The second kappa shape index (κ2) is 8.15. The summed E-state index contributed by atoms with van der Waals surface area (Å²) < 4.78 is 1.82. The van der Waals surface area contributed by atoms with Crippen molar-refractivity contribution in [1.29, 1.82) is 0 Å². The molecule has 21 heavy (non-hydrogen) atoms. The van der Waals surface area contributed by atoms with E-state index in [1.807, 2.05) is 42.5 Å². The Morgan fingerprint density at radius 1 is 1.24 bits per heavy atom. The lowest BCUT2D eigenvalue weighted by Crippen LogP contribution is -2.13. The third kappa shape index (κ3) is 4.97. The highest BCUT2D eigenvalue weighted by Crippen LogP contribution is 2.20. The first kappa shape index (κ1) is 16.8. The second-order valence-electron chi connectivity index (χ2n) is 4.57. The lowest BCUT2D eigenvalue weighted by Gasteiger charge is -2.09. The summed E-state index contributed by atoms with van der Waals surface area (Å²) in [7, 11) is 0. The fourth-order valence-electron chi connectivity index (χ4n) is 1.95. The Morgan fingerprint density at radius 3 is 2.81 bits per heavy atom. The predicted octanol–water partition coefficient (Wildman–Crippen LogP) is 5.48. The Labute approximate surface area is 151 Å². The Kier molecular flexibility index (Phi) is 6.51. The predicted molar refractivity (Wildman–Crippen MR) is 100 cm³/mol. The molecule has 0 aromatic heterocycles. The third-order valence-electron chi connectivity index (χ3n) is 2.96. The van der Waals surface area contributed by atoms with Crippen molar-refractivity contribution in [3.8, 4) is 0 Å². The van der Waals surface area contributed by atoms with Gasteiger partial charge >= 0.3 is 0 Å². The van der Waals surface area contributed by atoms with Gasteiger partial charge in [0.25, 0.3) is 5.91 Å². The normalized spacial score (nSPS) is 10.4. The highest BCUT2D eigenvalue weighted by Gasteiger charge is 2.11. The topological polar surface area (TPSA) is 29.1 Å². The summed E-state index contributed by atoms with van der Waals surface area (Å²) in [4.78, 5) is 12.4. The van der Waals surface area contributed by atoms with Crippen LogP contribution in [0, 0.1) is 3.57 Å². The summed E-state index contributed by atoms with van der Waals surface area (Å²) in [6, 6.07) is 13.6. The fourth-order valence-corrected chi connectivity index (χ4v) is 3.02. The van der Waals surface area contributed by atoms with Crippen molar-refractivity contribution in [3.63, 3.8) is 0 Å². The first-order valence-corrected chi connectivity index (χ1v) is 8.92. The lowest BCUT2D eigenvalue weighted by atomic mass is 10.1. The number of anilines is 1. The average Bonchev–Trinajstić information content (AvgIpc) is 2.48. The van der Waals surface area contributed by atoms with Gasteiger partial charge in [0.15, 0.2) is 0 Å². The van der Waals surface area contributed by atoms with Gasteiger partial charge in [-0.3, -0.25) is 4.79 Å². The van der Waals surface area contributed by atoms with Gasteiger partial charge in [-0.2, -0.15) is 0 Å². The standard InChI is InChI=1S/C16H14BrClINO/c17-12-6-7-15(19)14(10-12)16(21)20-13-5-1-3-11(9-13)4-2-8-18/h1,3,5-7,9-10H,2,4,8H2,(H,20,21). The van der Waals surface area contributed by atoms with E-state index in [4.69, 9.17) is 11.6 Å². The number of hydrogen-bond acceptors (Lipinski definition) is 1. The van der Waals surface area contributed by atoms with Gasteiger partial charge in [-0.1, -0.05) is 28.1 Å². The van der Waals surface area contributed by atoms with Gasteiger partial charge in [0.2, 0.25) is 0 Å². The third-order valence-corrected chi connectivity index (χ3v) is 4.66. The highest BCUT2D eigenvalue weighted by atomic mass is 127. The van der Waals surface area contributed by atoms with Crippen LogP contribution in [0.5, 0.6) is 0 Å². The van der Waals surface area contributed by atoms with Crippen LogP contribution in [-0.2, 0) is 6.42 Å². The van der Waals surface area contributed by atoms with Crippen molar-refractivity contribution in [2.75, 3.05) is 11.2 Å². The molecule has 5 heteroatoms. The largest absolute Gasteiger partial charge is 0.322 e. The summed E-state index contributed by atoms with van der Waals surface area (Å²) in [6.45, 7) is 0. The summed E-state index contributed by atoms with van der Waals surface area (Å²) in [5.41, 5.74) is 2.65. The van der Waals surface area contributed by atoms with E-state index in [2.05, 4.69) is 43.8 Å². The molecule has 0 atom stereocenters. The number of benzene rings is 2. The van der Waals surface area contributed by atoms with Crippen LogP contribution >= 0.6 is 50.1 Å². The zero-order chi connectivity index (χ0) is 15.2. The van der Waals surface area contributed by atoms with E-state index >= 15 is 0 Å². The van der Waals surface area contributed by atoms with E-state index in [1.165, 1.54) is 5.56 Å². The second-order valence-corrected chi connectivity index (χ2v) is 7.03. The van der Waals surface area contributed by atoms with Gasteiger partial charge in [-0.15, -0.1) is 11.6 Å². The quantitative estimate of drug-likeness (QED) is 0.448. The molecule has 2 aromatic carbocycles. The number of halogens is 3. The maximum Gasteiger partial charge on any atom is 0.256 e. The number of hydrogen-bond donors (Lipinski definition) is 1. The minimum atomic E-state index is -0.102. The fraction of sp³-hybridized carbons (Fsp3) is 0.188. The molecule has 2 rings (SSSR count). The number of amides is 1. The molecule has 0 saturated carbocycles. The number of alkyl halides is 1. The van der Waals surface area contributed by atoms with Gasteiger partial charge in [0.05, 0.1) is 5.56 Å². The summed E-state index contributed by atoms with van der Waals surface area (Å²) in [6.07, 6.45) is 1.85. The van der Waals surface area contributed by atoms with Crippen molar-refractivity contribution < 1.29 is 4.79 Å². The SMILES string of the molecule is O=C(Nc1cccc(CCCCl)c1)c1cc(Br)ccc1I. The molecule has 0 fully saturated rings. The minimum Gasteiger partial charge on any atom is -0.322 e. The molecule has 0 aliphatic heterocycles. The molecule has 0 saturated heterocycles. The van der Waals surface area contributed by atoms with Gasteiger partial charge in [-0.25, -0.2) is 0 Å². The average molecular weight is 479 g/mol. The van der Waals surface area contributed by atoms with E-state index in [9.17, 15) is 4.79 Å². The van der Waals surface area contributed by atoms with E-state index in [-0.39, 0.29) is 5.91 Å². The van der Waals surface area contributed by atoms with Crippen molar-refractivity contribution in [2.24, 2.45) is 0 Å². The number of aryl methyl sites for hydroxylation is 1. The van der Waals surface area contributed by atoms with Crippen LogP contribution in [0.15, 0.2) is 46.9 Å². The van der Waals surface area contributed by atoms with Crippen LogP contribution in [0.3, 0.4) is 0 Å². The smallest absolute Gasteiger partial charge is 0.256 e.